The van der Waals surface area contributed by atoms with E-state index in [1.807, 2.05) is 6.07 Å². The summed E-state index contributed by atoms with van der Waals surface area (Å²) >= 11 is 0. The van der Waals surface area contributed by atoms with Crippen LogP contribution in [0.4, 0.5) is 0 Å². The largest absolute Gasteiger partial charge is 0.508 e. The SMILES string of the molecule is Cc1ccc(O)c(CC(=O)O)c1C#N. The summed E-state index contributed by atoms with van der Waals surface area (Å²) in [6.45, 7) is 1.70. The van der Waals surface area contributed by atoms with E-state index in [0.717, 1.165) is 0 Å². The minimum atomic E-state index is -1.07. The first-order valence-corrected chi connectivity index (χ1v) is 3.99. The Morgan fingerprint density at radius 1 is 1.57 bits per heavy atom. The lowest BCUT2D eigenvalue weighted by Gasteiger charge is -2.06. The van der Waals surface area contributed by atoms with E-state index in [2.05, 4.69) is 0 Å². The number of nitriles is 1. The maximum atomic E-state index is 10.5. The molecule has 0 bridgehead atoms. The summed E-state index contributed by atoms with van der Waals surface area (Å²) in [5, 5.41) is 26.7. The predicted molar refractivity (Wildman–Crippen MR) is 48.9 cm³/mol. The number of hydrogen-bond acceptors (Lipinski definition) is 3. The molecule has 0 spiro atoms. The van der Waals surface area contributed by atoms with Crippen LogP contribution in [0.3, 0.4) is 0 Å². The van der Waals surface area contributed by atoms with Crippen LogP contribution in [-0.4, -0.2) is 16.2 Å². The Labute approximate surface area is 81.0 Å². The van der Waals surface area contributed by atoms with Crippen LogP contribution >= 0.6 is 0 Å². The highest BCUT2D eigenvalue weighted by atomic mass is 16.4. The number of aryl methyl sites for hydroxylation is 1. The maximum Gasteiger partial charge on any atom is 0.308 e. The fourth-order valence-corrected chi connectivity index (χ4v) is 1.24. The highest BCUT2D eigenvalue weighted by molar-refractivity contribution is 5.73. The number of benzene rings is 1. The number of aliphatic carboxylic acids is 1. The second-order valence-electron chi connectivity index (χ2n) is 2.94. The number of carbonyl (C=O) groups is 1. The third kappa shape index (κ3) is 1.83. The highest BCUT2D eigenvalue weighted by Crippen LogP contribution is 2.24. The summed E-state index contributed by atoms with van der Waals surface area (Å²) in [7, 11) is 0. The van der Waals surface area contributed by atoms with Gasteiger partial charge in [-0.05, 0) is 18.6 Å². The van der Waals surface area contributed by atoms with E-state index in [0.29, 0.717) is 5.56 Å². The summed E-state index contributed by atoms with van der Waals surface area (Å²) in [6.07, 6.45) is -0.337. The van der Waals surface area contributed by atoms with Crippen molar-refractivity contribution in [3.8, 4) is 11.8 Å². The Kier molecular flexibility index (Phi) is 2.73. The lowest BCUT2D eigenvalue weighted by molar-refractivity contribution is -0.136. The van der Waals surface area contributed by atoms with Gasteiger partial charge in [-0.3, -0.25) is 4.79 Å². The zero-order valence-corrected chi connectivity index (χ0v) is 7.61. The van der Waals surface area contributed by atoms with Crippen molar-refractivity contribution in [2.24, 2.45) is 0 Å². The van der Waals surface area contributed by atoms with Crippen LogP contribution in [0.1, 0.15) is 16.7 Å². The van der Waals surface area contributed by atoms with E-state index < -0.39 is 5.97 Å². The Hall–Kier alpha value is -2.02. The molecule has 0 saturated heterocycles. The van der Waals surface area contributed by atoms with Crippen molar-refractivity contribution in [2.45, 2.75) is 13.3 Å². The van der Waals surface area contributed by atoms with Crippen LogP contribution in [0.15, 0.2) is 12.1 Å². The maximum absolute atomic E-state index is 10.5. The minimum Gasteiger partial charge on any atom is -0.508 e. The molecule has 0 atom stereocenters. The molecule has 4 heteroatoms. The number of phenolic OH excluding ortho intramolecular Hbond substituents is 1. The van der Waals surface area contributed by atoms with E-state index in [-0.39, 0.29) is 23.3 Å². The number of nitrogens with zero attached hydrogens (tertiary/aromatic N) is 1. The lowest BCUT2D eigenvalue weighted by Crippen LogP contribution is -2.03. The van der Waals surface area contributed by atoms with Gasteiger partial charge < -0.3 is 10.2 Å². The second kappa shape index (κ2) is 3.79. The molecule has 0 heterocycles. The molecule has 0 amide bonds. The molecule has 1 aromatic carbocycles. The third-order valence-corrected chi connectivity index (χ3v) is 1.94. The van der Waals surface area contributed by atoms with Crippen LogP contribution < -0.4 is 0 Å². The topological polar surface area (TPSA) is 81.3 Å². The molecule has 0 aliphatic heterocycles. The van der Waals surface area contributed by atoms with Crippen molar-refractivity contribution >= 4 is 5.97 Å². The molecule has 1 aromatic rings. The second-order valence-corrected chi connectivity index (χ2v) is 2.94. The number of phenols is 1. The summed E-state index contributed by atoms with van der Waals surface area (Å²) < 4.78 is 0. The molecule has 0 saturated carbocycles. The molecule has 72 valence electrons. The van der Waals surface area contributed by atoms with Crippen molar-refractivity contribution in [3.63, 3.8) is 0 Å². The van der Waals surface area contributed by atoms with Gasteiger partial charge in [0.1, 0.15) is 5.75 Å². The van der Waals surface area contributed by atoms with Gasteiger partial charge in [-0.15, -0.1) is 0 Å². The van der Waals surface area contributed by atoms with Crippen molar-refractivity contribution < 1.29 is 15.0 Å². The van der Waals surface area contributed by atoms with Gasteiger partial charge in [-0.1, -0.05) is 6.07 Å². The zero-order chi connectivity index (χ0) is 10.7. The van der Waals surface area contributed by atoms with E-state index in [4.69, 9.17) is 10.4 Å². The van der Waals surface area contributed by atoms with Crippen LogP contribution in [0.2, 0.25) is 0 Å². The van der Waals surface area contributed by atoms with Crippen molar-refractivity contribution in [3.05, 3.63) is 28.8 Å². The average Bonchev–Trinajstić information content (AvgIpc) is 2.11. The lowest BCUT2D eigenvalue weighted by atomic mass is 9.99. The Morgan fingerprint density at radius 2 is 2.21 bits per heavy atom. The average molecular weight is 191 g/mol. The Morgan fingerprint density at radius 3 is 2.71 bits per heavy atom. The quantitative estimate of drug-likeness (QED) is 0.735. The fraction of sp³-hybridized carbons (Fsp3) is 0.200. The zero-order valence-electron chi connectivity index (χ0n) is 7.61. The molecule has 0 radical (unpaired) electrons. The molecule has 14 heavy (non-hydrogen) atoms. The molecule has 0 unspecified atom stereocenters. The minimum absolute atomic E-state index is 0.144. The molecular weight excluding hydrogens is 182 g/mol. The van der Waals surface area contributed by atoms with Gasteiger partial charge >= 0.3 is 5.97 Å². The smallest absolute Gasteiger partial charge is 0.308 e. The monoisotopic (exact) mass is 191 g/mol. The Bertz CT molecular complexity index is 418. The van der Waals surface area contributed by atoms with Gasteiger partial charge in [-0.25, -0.2) is 0 Å². The van der Waals surface area contributed by atoms with E-state index in [1.54, 1.807) is 13.0 Å². The van der Waals surface area contributed by atoms with Crippen LogP contribution in [0.5, 0.6) is 5.75 Å². The highest BCUT2D eigenvalue weighted by Gasteiger charge is 2.13. The number of aromatic hydroxyl groups is 1. The molecule has 1 rings (SSSR count). The Balaban J connectivity index is 3.31. The first-order chi connectivity index (χ1) is 6.56. The molecule has 4 nitrogen and oxygen atoms in total. The number of hydrogen-bond donors (Lipinski definition) is 2. The van der Waals surface area contributed by atoms with Crippen LogP contribution in [0, 0.1) is 18.3 Å². The third-order valence-electron chi connectivity index (χ3n) is 1.94. The summed E-state index contributed by atoms with van der Waals surface area (Å²) in [4.78, 5) is 10.5. The standard InChI is InChI=1S/C10H9NO3/c1-6-2-3-9(12)7(4-10(13)14)8(6)5-11/h2-3,12H,4H2,1H3,(H,13,14). The normalized spacial score (nSPS) is 9.43. The van der Waals surface area contributed by atoms with Gasteiger partial charge in [0.05, 0.1) is 18.1 Å². The molecule has 0 aliphatic carbocycles. The van der Waals surface area contributed by atoms with Gasteiger partial charge in [0.15, 0.2) is 0 Å². The van der Waals surface area contributed by atoms with E-state index in [9.17, 15) is 9.90 Å². The van der Waals surface area contributed by atoms with E-state index in [1.165, 1.54) is 6.07 Å². The molecule has 0 aliphatic rings. The first kappa shape index (κ1) is 10.1. The fourth-order valence-electron chi connectivity index (χ4n) is 1.24. The number of rotatable bonds is 2. The summed E-state index contributed by atoms with van der Waals surface area (Å²) in [5.74, 6) is -1.21. The van der Waals surface area contributed by atoms with Crippen LogP contribution in [-0.2, 0) is 11.2 Å². The van der Waals surface area contributed by atoms with Gasteiger partial charge in [0.2, 0.25) is 0 Å². The van der Waals surface area contributed by atoms with Gasteiger partial charge in [0, 0.05) is 5.56 Å². The summed E-state index contributed by atoms with van der Waals surface area (Å²) in [6, 6.07) is 4.87. The molecular formula is C10H9NO3. The van der Waals surface area contributed by atoms with Crippen molar-refractivity contribution in [2.75, 3.05) is 0 Å². The number of carboxylic acid groups (broad SMARTS) is 1. The first-order valence-electron chi connectivity index (χ1n) is 3.99. The number of carboxylic acids is 1. The molecule has 2 N–H and O–H groups in total. The van der Waals surface area contributed by atoms with Crippen molar-refractivity contribution in [1.29, 1.82) is 5.26 Å². The predicted octanol–water partition coefficient (Wildman–Crippen LogP) is 1.20. The van der Waals surface area contributed by atoms with Crippen LogP contribution in [0.25, 0.3) is 0 Å². The molecule has 0 fully saturated rings. The van der Waals surface area contributed by atoms with E-state index >= 15 is 0 Å². The van der Waals surface area contributed by atoms with Crippen molar-refractivity contribution in [1.82, 2.24) is 0 Å². The summed E-state index contributed by atoms with van der Waals surface area (Å²) in [5.41, 5.74) is 1.09. The van der Waals surface area contributed by atoms with Gasteiger partial charge in [-0.2, -0.15) is 5.26 Å². The van der Waals surface area contributed by atoms with Gasteiger partial charge in [0.25, 0.3) is 0 Å². The molecule has 0 aromatic heterocycles.